The van der Waals surface area contributed by atoms with E-state index in [1.54, 1.807) is 32.0 Å². The van der Waals surface area contributed by atoms with E-state index in [0.29, 0.717) is 22.4 Å². The van der Waals surface area contributed by atoms with Crippen LogP contribution in [0.3, 0.4) is 0 Å². The maximum atomic E-state index is 13.9. The number of hydrogen-bond acceptors (Lipinski definition) is 2. The van der Waals surface area contributed by atoms with Gasteiger partial charge in [0.05, 0.1) is 5.56 Å². The zero-order valence-corrected chi connectivity index (χ0v) is 10.8. The molecule has 0 bridgehead atoms. The van der Waals surface area contributed by atoms with Crippen molar-refractivity contribution in [3.8, 4) is 0 Å². The summed E-state index contributed by atoms with van der Waals surface area (Å²) < 4.78 is 13.9. The summed E-state index contributed by atoms with van der Waals surface area (Å²) in [6.45, 7) is 3.39. The lowest BCUT2D eigenvalue weighted by molar-refractivity contribution is 0.0696. The van der Waals surface area contributed by atoms with E-state index in [1.165, 1.54) is 12.3 Å². The second-order valence-corrected chi connectivity index (χ2v) is 4.52. The second kappa shape index (κ2) is 5.18. The Morgan fingerprint density at radius 2 is 2.05 bits per heavy atom. The van der Waals surface area contributed by atoms with Crippen LogP contribution >= 0.6 is 0 Å². The summed E-state index contributed by atoms with van der Waals surface area (Å²) in [7, 11) is 0. The molecule has 0 aliphatic carbocycles. The van der Waals surface area contributed by atoms with Crippen LogP contribution in [0.5, 0.6) is 0 Å². The van der Waals surface area contributed by atoms with Gasteiger partial charge in [-0.05, 0) is 36.6 Å². The fourth-order valence-corrected chi connectivity index (χ4v) is 1.93. The normalized spacial score (nSPS) is 10.5. The summed E-state index contributed by atoms with van der Waals surface area (Å²) in [5.74, 6) is -1.26. The minimum absolute atomic E-state index is 0.207. The van der Waals surface area contributed by atoms with Crippen LogP contribution in [0.1, 0.15) is 32.7 Å². The van der Waals surface area contributed by atoms with Gasteiger partial charge in [0.25, 0.3) is 0 Å². The fraction of sp³-hybridized carbons (Fsp3) is 0.200. The number of carbonyl (C=O) groups is 1. The topological polar surface area (TPSA) is 50.2 Å². The van der Waals surface area contributed by atoms with E-state index in [4.69, 9.17) is 5.11 Å². The van der Waals surface area contributed by atoms with Crippen molar-refractivity contribution in [1.82, 2.24) is 4.98 Å². The highest BCUT2D eigenvalue weighted by Crippen LogP contribution is 2.17. The summed E-state index contributed by atoms with van der Waals surface area (Å²) in [6, 6.07) is 6.66. The van der Waals surface area contributed by atoms with Crippen LogP contribution in [0.25, 0.3) is 0 Å². The van der Waals surface area contributed by atoms with Crippen molar-refractivity contribution in [1.29, 1.82) is 0 Å². The first-order valence-corrected chi connectivity index (χ1v) is 5.92. The Balaban J connectivity index is 2.36. The first-order chi connectivity index (χ1) is 8.99. The molecule has 1 aromatic carbocycles. The van der Waals surface area contributed by atoms with Crippen LogP contribution < -0.4 is 0 Å². The lowest BCUT2D eigenvalue weighted by Gasteiger charge is -2.07. The van der Waals surface area contributed by atoms with Gasteiger partial charge in [0.1, 0.15) is 5.82 Å². The van der Waals surface area contributed by atoms with E-state index in [2.05, 4.69) is 4.98 Å². The SMILES string of the molecule is Cc1cnc(Cc2cccc(C)c2F)cc1C(=O)O. The number of aryl methyl sites for hydroxylation is 2. The Kier molecular flexibility index (Phi) is 3.60. The smallest absolute Gasteiger partial charge is 0.336 e. The maximum Gasteiger partial charge on any atom is 0.336 e. The minimum Gasteiger partial charge on any atom is -0.478 e. The number of halogens is 1. The standard InChI is InChI=1S/C15H14FNO2/c1-9-4-3-5-11(14(9)16)6-12-7-13(15(18)19)10(2)8-17-12/h3-5,7-8H,6H2,1-2H3,(H,18,19). The number of aromatic nitrogens is 1. The number of hydrogen-bond donors (Lipinski definition) is 1. The van der Waals surface area contributed by atoms with E-state index >= 15 is 0 Å². The highest BCUT2D eigenvalue weighted by molar-refractivity contribution is 5.89. The number of carboxylic acid groups (broad SMARTS) is 1. The first kappa shape index (κ1) is 13.2. The Labute approximate surface area is 110 Å². The van der Waals surface area contributed by atoms with Crippen LogP contribution in [-0.2, 0) is 6.42 Å². The van der Waals surface area contributed by atoms with Crippen molar-refractivity contribution in [2.75, 3.05) is 0 Å². The number of carboxylic acids is 1. The molecule has 0 atom stereocenters. The molecule has 0 saturated heterocycles. The molecule has 19 heavy (non-hydrogen) atoms. The molecule has 3 nitrogen and oxygen atoms in total. The summed E-state index contributed by atoms with van der Waals surface area (Å²) >= 11 is 0. The van der Waals surface area contributed by atoms with E-state index in [0.717, 1.165) is 0 Å². The average Bonchev–Trinajstić information content (AvgIpc) is 2.37. The van der Waals surface area contributed by atoms with Gasteiger partial charge >= 0.3 is 5.97 Å². The van der Waals surface area contributed by atoms with Gasteiger partial charge < -0.3 is 5.11 Å². The molecule has 0 fully saturated rings. The Bertz CT molecular complexity index is 638. The minimum atomic E-state index is -0.995. The highest BCUT2D eigenvalue weighted by atomic mass is 19.1. The van der Waals surface area contributed by atoms with Gasteiger partial charge in [0.2, 0.25) is 0 Å². The summed E-state index contributed by atoms with van der Waals surface area (Å²) in [5.41, 5.74) is 2.45. The molecule has 0 amide bonds. The molecule has 2 aromatic rings. The first-order valence-electron chi connectivity index (χ1n) is 5.92. The molecule has 1 heterocycles. The van der Waals surface area contributed by atoms with Crippen molar-refractivity contribution in [3.05, 3.63) is 64.2 Å². The number of aromatic carboxylic acids is 1. The van der Waals surface area contributed by atoms with E-state index in [-0.39, 0.29) is 17.8 Å². The van der Waals surface area contributed by atoms with Crippen LogP contribution in [0.2, 0.25) is 0 Å². The van der Waals surface area contributed by atoms with Gasteiger partial charge in [0, 0.05) is 18.3 Å². The molecule has 4 heteroatoms. The van der Waals surface area contributed by atoms with Crippen LogP contribution in [-0.4, -0.2) is 16.1 Å². The van der Waals surface area contributed by atoms with Gasteiger partial charge in [0.15, 0.2) is 0 Å². The number of pyridine rings is 1. The lowest BCUT2D eigenvalue weighted by atomic mass is 10.0. The van der Waals surface area contributed by atoms with E-state index < -0.39 is 5.97 Å². The van der Waals surface area contributed by atoms with Crippen LogP contribution in [0.15, 0.2) is 30.5 Å². The van der Waals surface area contributed by atoms with Gasteiger partial charge in [-0.15, -0.1) is 0 Å². The molecule has 0 aliphatic rings. The predicted octanol–water partition coefficient (Wildman–Crippen LogP) is 3.13. The Morgan fingerprint density at radius 3 is 2.74 bits per heavy atom. The number of rotatable bonds is 3. The molecule has 0 aliphatic heterocycles. The van der Waals surface area contributed by atoms with Crippen molar-refractivity contribution in [2.24, 2.45) is 0 Å². The molecule has 0 unspecified atom stereocenters. The maximum absolute atomic E-state index is 13.9. The third-order valence-corrected chi connectivity index (χ3v) is 3.03. The van der Waals surface area contributed by atoms with Gasteiger partial charge in [-0.25, -0.2) is 9.18 Å². The fourth-order valence-electron chi connectivity index (χ4n) is 1.93. The largest absolute Gasteiger partial charge is 0.478 e. The van der Waals surface area contributed by atoms with Crippen molar-refractivity contribution in [2.45, 2.75) is 20.3 Å². The Hall–Kier alpha value is -2.23. The molecule has 0 saturated carbocycles. The number of nitrogens with zero attached hydrogens (tertiary/aromatic N) is 1. The summed E-state index contributed by atoms with van der Waals surface area (Å²) in [4.78, 5) is 15.2. The zero-order valence-electron chi connectivity index (χ0n) is 10.8. The Morgan fingerprint density at radius 1 is 1.32 bits per heavy atom. The lowest BCUT2D eigenvalue weighted by Crippen LogP contribution is -2.04. The van der Waals surface area contributed by atoms with Crippen molar-refractivity contribution >= 4 is 5.97 Å². The molecule has 0 radical (unpaired) electrons. The van der Waals surface area contributed by atoms with Crippen molar-refractivity contribution in [3.63, 3.8) is 0 Å². The molecule has 2 rings (SSSR count). The van der Waals surface area contributed by atoms with Crippen molar-refractivity contribution < 1.29 is 14.3 Å². The molecular weight excluding hydrogens is 245 g/mol. The molecule has 0 spiro atoms. The van der Waals surface area contributed by atoms with Gasteiger partial charge in [-0.2, -0.15) is 0 Å². The van der Waals surface area contributed by atoms with Crippen LogP contribution in [0, 0.1) is 19.7 Å². The van der Waals surface area contributed by atoms with Crippen LogP contribution in [0.4, 0.5) is 4.39 Å². The predicted molar refractivity (Wildman–Crippen MR) is 69.9 cm³/mol. The summed E-state index contributed by atoms with van der Waals surface area (Å²) in [5, 5.41) is 9.05. The van der Waals surface area contributed by atoms with E-state index in [1.807, 2.05) is 0 Å². The quantitative estimate of drug-likeness (QED) is 0.921. The van der Waals surface area contributed by atoms with Gasteiger partial charge in [-0.3, -0.25) is 4.98 Å². The zero-order chi connectivity index (χ0) is 14.0. The third-order valence-electron chi connectivity index (χ3n) is 3.03. The average molecular weight is 259 g/mol. The second-order valence-electron chi connectivity index (χ2n) is 4.52. The highest BCUT2D eigenvalue weighted by Gasteiger charge is 2.11. The third kappa shape index (κ3) is 2.78. The van der Waals surface area contributed by atoms with E-state index in [9.17, 15) is 9.18 Å². The molecule has 1 N–H and O–H groups in total. The molecule has 1 aromatic heterocycles. The summed E-state index contributed by atoms with van der Waals surface area (Å²) in [6.07, 6.45) is 1.79. The molecule has 98 valence electrons. The molecular formula is C15H14FNO2. The van der Waals surface area contributed by atoms with Gasteiger partial charge in [-0.1, -0.05) is 18.2 Å². The monoisotopic (exact) mass is 259 g/mol. The number of benzene rings is 1.